The molecule has 7 nitrogen and oxygen atoms in total. The smallest absolute Gasteiger partial charge is 0.231 e. The van der Waals surface area contributed by atoms with Gasteiger partial charge in [-0.25, -0.2) is 0 Å². The van der Waals surface area contributed by atoms with E-state index in [9.17, 15) is 0 Å². The number of hydrogen-bond donors (Lipinski definition) is 0. The van der Waals surface area contributed by atoms with Crippen molar-refractivity contribution in [2.45, 2.75) is 6.42 Å². The standard InChI is InChI=1S/C12H18ClN5O2/c13-10-14-11(17-2-1-6-19-7-3-17)16-12(15-10)18-4-8-20-9-5-18/h1-9H2. The van der Waals surface area contributed by atoms with Crippen molar-refractivity contribution in [2.24, 2.45) is 0 Å². The van der Waals surface area contributed by atoms with Crippen molar-refractivity contribution in [2.75, 3.05) is 62.4 Å². The Hall–Kier alpha value is -1.18. The Morgan fingerprint density at radius 1 is 0.750 bits per heavy atom. The average Bonchev–Trinajstić information content (AvgIpc) is 2.77. The molecule has 3 heterocycles. The Morgan fingerprint density at radius 2 is 1.30 bits per heavy atom. The quantitative estimate of drug-likeness (QED) is 0.792. The van der Waals surface area contributed by atoms with Crippen molar-refractivity contribution in [1.82, 2.24) is 15.0 Å². The number of aromatic nitrogens is 3. The van der Waals surface area contributed by atoms with E-state index >= 15 is 0 Å². The van der Waals surface area contributed by atoms with E-state index < -0.39 is 0 Å². The van der Waals surface area contributed by atoms with E-state index in [-0.39, 0.29) is 5.28 Å². The normalized spacial score (nSPS) is 20.9. The van der Waals surface area contributed by atoms with Crippen LogP contribution < -0.4 is 9.80 Å². The van der Waals surface area contributed by atoms with Crippen molar-refractivity contribution < 1.29 is 9.47 Å². The van der Waals surface area contributed by atoms with Crippen LogP contribution in [0.1, 0.15) is 6.42 Å². The molecule has 1 aromatic rings. The van der Waals surface area contributed by atoms with Gasteiger partial charge in [0.2, 0.25) is 17.2 Å². The fourth-order valence-electron chi connectivity index (χ4n) is 2.32. The van der Waals surface area contributed by atoms with E-state index in [1.165, 1.54) is 0 Å². The molecule has 2 saturated heterocycles. The van der Waals surface area contributed by atoms with Gasteiger partial charge in [0.05, 0.1) is 19.8 Å². The monoisotopic (exact) mass is 299 g/mol. The molecule has 3 rings (SSSR count). The first kappa shape index (κ1) is 13.8. The van der Waals surface area contributed by atoms with Gasteiger partial charge in [0.1, 0.15) is 0 Å². The van der Waals surface area contributed by atoms with Gasteiger partial charge < -0.3 is 19.3 Å². The number of nitrogens with zero attached hydrogens (tertiary/aromatic N) is 5. The molecule has 0 atom stereocenters. The molecule has 0 bridgehead atoms. The minimum Gasteiger partial charge on any atom is -0.380 e. The molecule has 0 aliphatic carbocycles. The van der Waals surface area contributed by atoms with Gasteiger partial charge in [-0.05, 0) is 18.0 Å². The predicted molar refractivity (Wildman–Crippen MR) is 75.5 cm³/mol. The van der Waals surface area contributed by atoms with Crippen LogP contribution in [0.15, 0.2) is 0 Å². The zero-order valence-electron chi connectivity index (χ0n) is 11.3. The molecule has 0 radical (unpaired) electrons. The van der Waals surface area contributed by atoms with Gasteiger partial charge in [0.15, 0.2) is 0 Å². The predicted octanol–water partition coefficient (Wildman–Crippen LogP) is 0.588. The van der Waals surface area contributed by atoms with Gasteiger partial charge in [-0.3, -0.25) is 0 Å². The van der Waals surface area contributed by atoms with Crippen LogP contribution in [0, 0.1) is 0 Å². The zero-order chi connectivity index (χ0) is 13.8. The van der Waals surface area contributed by atoms with Crippen LogP contribution in [0.25, 0.3) is 0 Å². The Labute approximate surface area is 122 Å². The van der Waals surface area contributed by atoms with E-state index in [4.69, 9.17) is 21.1 Å². The fraction of sp³-hybridized carbons (Fsp3) is 0.750. The highest BCUT2D eigenvalue weighted by Crippen LogP contribution is 2.18. The highest BCUT2D eigenvalue weighted by Gasteiger charge is 2.19. The molecule has 0 spiro atoms. The van der Waals surface area contributed by atoms with Gasteiger partial charge in [0, 0.05) is 32.8 Å². The van der Waals surface area contributed by atoms with Crippen LogP contribution in [-0.2, 0) is 9.47 Å². The second-order valence-electron chi connectivity index (χ2n) is 4.76. The number of anilines is 2. The van der Waals surface area contributed by atoms with Crippen molar-refractivity contribution in [3.63, 3.8) is 0 Å². The van der Waals surface area contributed by atoms with Crippen molar-refractivity contribution in [3.8, 4) is 0 Å². The summed E-state index contributed by atoms with van der Waals surface area (Å²) in [6.07, 6.45) is 0.968. The minimum atomic E-state index is 0.238. The molecule has 2 aliphatic heterocycles. The number of rotatable bonds is 2. The maximum absolute atomic E-state index is 6.05. The van der Waals surface area contributed by atoms with Gasteiger partial charge >= 0.3 is 0 Å². The van der Waals surface area contributed by atoms with E-state index in [1.807, 2.05) is 0 Å². The molecule has 0 N–H and O–H groups in total. The molecule has 110 valence electrons. The SMILES string of the molecule is Clc1nc(N2CCCOCC2)nc(N2CCOCC2)n1. The number of morpholine rings is 1. The fourth-order valence-corrected chi connectivity index (χ4v) is 2.47. The topological polar surface area (TPSA) is 63.6 Å². The first-order valence-electron chi connectivity index (χ1n) is 6.90. The third-order valence-corrected chi connectivity index (χ3v) is 3.55. The zero-order valence-corrected chi connectivity index (χ0v) is 12.1. The summed E-state index contributed by atoms with van der Waals surface area (Å²) in [5.74, 6) is 1.27. The summed E-state index contributed by atoms with van der Waals surface area (Å²) in [5, 5.41) is 0.238. The molecular formula is C12H18ClN5O2. The van der Waals surface area contributed by atoms with Crippen LogP contribution in [-0.4, -0.2) is 67.6 Å². The second kappa shape index (κ2) is 6.51. The summed E-state index contributed by atoms with van der Waals surface area (Å²) >= 11 is 6.05. The van der Waals surface area contributed by atoms with Gasteiger partial charge in [-0.2, -0.15) is 15.0 Å². The lowest BCUT2D eigenvalue weighted by atomic mass is 10.4. The van der Waals surface area contributed by atoms with Gasteiger partial charge in [0.25, 0.3) is 0 Å². The summed E-state index contributed by atoms with van der Waals surface area (Å²) in [6, 6.07) is 0. The van der Waals surface area contributed by atoms with E-state index in [1.54, 1.807) is 0 Å². The van der Waals surface area contributed by atoms with Crippen molar-refractivity contribution >= 4 is 23.5 Å². The van der Waals surface area contributed by atoms with E-state index in [2.05, 4.69) is 24.8 Å². The van der Waals surface area contributed by atoms with Crippen molar-refractivity contribution in [1.29, 1.82) is 0 Å². The minimum absolute atomic E-state index is 0.238. The van der Waals surface area contributed by atoms with Crippen LogP contribution in [0.3, 0.4) is 0 Å². The summed E-state index contributed by atoms with van der Waals surface area (Å²) in [6.45, 7) is 6.08. The summed E-state index contributed by atoms with van der Waals surface area (Å²) in [4.78, 5) is 17.2. The third kappa shape index (κ3) is 3.28. The van der Waals surface area contributed by atoms with Gasteiger partial charge in [-0.1, -0.05) is 0 Å². The number of ether oxygens (including phenoxy) is 2. The lowest BCUT2D eigenvalue weighted by Gasteiger charge is -2.28. The van der Waals surface area contributed by atoms with Crippen molar-refractivity contribution in [3.05, 3.63) is 5.28 Å². The maximum Gasteiger partial charge on any atom is 0.231 e. The van der Waals surface area contributed by atoms with Crippen LogP contribution in [0.4, 0.5) is 11.9 Å². The summed E-state index contributed by atoms with van der Waals surface area (Å²) in [5.41, 5.74) is 0. The first-order chi connectivity index (χ1) is 9.83. The Kier molecular flexibility index (Phi) is 4.49. The van der Waals surface area contributed by atoms with Crippen LogP contribution >= 0.6 is 11.6 Å². The van der Waals surface area contributed by atoms with Crippen LogP contribution in [0.2, 0.25) is 5.28 Å². The van der Waals surface area contributed by atoms with E-state index in [0.717, 1.165) is 39.2 Å². The molecule has 0 aromatic carbocycles. The number of halogens is 1. The highest BCUT2D eigenvalue weighted by atomic mass is 35.5. The molecule has 2 fully saturated rings. The number of hydrogen-bond acceptors (Lipinski definition) is 7. The summed E-state index contributed by atoms with van der Waals surface area (Å²) in [7, 11) is 0. The lowest BCUT2D eigenvalue weighted by Crippen LogP contribution is -2.38. The maximum atomic E-state index is 6.05. The molecule has 8 heteroatoms. The Morgan fingerprint density at radius 3 is 1.95 bits per heavy atom. The molecule has 0 amide bonds. The first-order valence-corrected chi connectivity index (χ1v) is 7.28. The van der Waals surface area contributed by atoms with Gasteiger partial charge in [-0.15, -0.1) is 0 Å². The highest BCUT2D eigenvalue weighted by molar-refractivity contribution is 6.28. The molecule has 1 aromatic heterocycles. The molecule has 0 saturated carbocycles. The second-order valence-corrected chi connectivity index (χ2v) is 5.09. The summed E-state index contributed by atoms with van der Waals surface area (Å²) < 4.78 is 10.8. The largest absolute Gasteiger partial charge is 0.380 e. The molecular weight excluding hydrogens is 282 g/mol. The third-order valence-electron chi connectivity index (χ3n) is 3.38. The molecule has 20 heavy (non-hydrogen) atoms. The lowest BCUT2D eigenvalue weighted by molar-refractivity contribution is 0.122. The van der Waals surface area contributed by atoms with E-state index in [0.29, 0.717) is 31.7 Å². The molecule has 2 aliphatic rings. The average molecular weight is 300 g/mol. The Bertz CT molecular complexity index is 447. The van der Waals surface area contributed by atoms with Crippen LogP contribution in [0.5, 0.6) is 0 Å². The Balaban J connectivity index is 1.81. The molecule has 0 unspecified atom stereocenters.